The van der Waals surface area contributed by atoms with Crippen LogP contribution in [0.25, 0.3) is 0 Å². The minimum absolute atomic E-state index is 0.0108. The molecule has 0 rings (SSSR count). The lowest BCUT2D eigenvalue weighted by molar-refractivity contribution is 0.314. The molecule has 0 heterocycles. The highest BCUT2D eigenvalue weighted by Gasteiger charge is 2.17. The Bertz CT molecular complexity index is 110. The molecule has 56 valence electrons. The molecular weight excluding hydrogens is 344 g/mol. The third-order valence-corrected chi connectivity index (χ3v) is 1.32. The summed E-state index contributed by atoms with van der Waals surface area (Å²) in [6, 6.07) is 0. The van der Waals surface area contributed by atoms with Crippen LogP contribution in [0.15, 0.2) is 0 Å². The Morgan fingerprint density at radius 3 is 2.11 bits per heavy atom. The predicted molar refractivity (Wildman–Crippen MR) is 44.4 cm³/mol. The molecule has 0 spiro atoms. The monoisotopic (exact) mass is 343 g/mol. The second-order valence-electron chi connectivity index (χ2n) is 1.08. The predicted octanol–water partition coefficient (Wildman–Crippen LogP) is 1.64. The lowest BCUT2D eigenvalue weighted by Crippen LogP contribution is -2.11. The SMILES string of the molecule is O=S([O-])OCC(Br)(Br)Br. The summed E-state index contributed by atoms with van der Waals surface area (Å²) < 4.78 is 23.1. The van der Waals surface area contributed by atoms with Crippen LogP contribution in [0.4, 0.5) is 0 Å². The first-order chi connectivity index (χ1) is 3.92. The molecule has 1 unspecified atom stereocenters. The fraction of sp³-hybridized carbons (Fsp3) is 1.00. The van der Waals surface area contributed by atoms with E-state index in [4.69, 9.17) is 0 Å². The summed E-state index contributed by atoms with van der Waals surface area (Å²) in [5.41, 5.74) is 0. The van der Waals surface area contributed by atoms with Gasteiger partial charge in [-0.1, -0.05) is 47.8 Å². The summed E-state index contributed by atoms with van der Waals surface area (Å²) in [7, 11) is 0. The van der Waals surface area contributed by atoms with Crippen molar-refractivity contribution in [1.29, 1.82) is 0 Å². The maximum absolute atomic E-state index is 9.76. The van der Waals surface area contributed by atoms with E-state index in [0.717, 1.165) is 0 Å². The molecule has 0 aliphatic heterocycles. The van der Waals surface area contributed by atoms with Gasteiger partial charge in [0.2, 0.25) is 0 Å². The van der Waals surface area contributed by atoms with Gasteiger partial charge in [-0.25, -0.2) is 4.21 Å². The van der Waals surface area contributed by atoms with Crippen LogP contribution < -0.4 is 0 Å². The van der Waals surface area contributed by atoms with Crippen molar-refractivity contribution in [2.24, 2.45) is 0 Å². The molecule has 0 N–H and O–H groups in total. The number of rotatable bonds is 2. The first-order valence-electron chi connectivity index (χ1n) is 1.71. The average Bonchev–Trinajstić information content (AvgIpc) is 1.59. The Kier molecular flexibility index (Phi) is 5.14. The second-order valence-corrected chi connectivity index (χ2v) is 8.98. The highest BCUT2D eigenvalue weighted by Crippen LogP contribution is 2.33. The van der Waals surface area contributed by atoms with Gasteiger partial charge >= 0.3 is 0 Å². The van der Waals surface area contributed by atoms with Gasteiger partial charge in [0.05, 0.1) is 18.0 Å². The Balaban J connectivity index is 3.39. The molecule has 7 heteroatoms. The van der Waals surface area contributed by atoms with Crippen LogP contribution in [-0.4, -0.2) is 17.5 Å². The van der Waals surface area contributed by atoms with Crippen molar-refractivity contribution < 1.29 is 12.9 Å². The van der Waals surface area contributed by atoms with Gasteiger partial charge in [-0.05, 0) is 0 Å². The summed E-state index contributed by atoms with van der Waals surface area (Å²) in [4.78, 5) is 0. The van der Waals surface area contributed by atoms with Crippen molar-refractivity contribution in [1.82, 2.24) is 0 Å². The number of hydrogen-bond acceptors (Lipinski definition) is 3. The summed E-state index contributed by atoms with van der Waals surface area (Å²) in [5, 5.41) is 0. The highest BCUT2D eigenvalue weighted by atomic mass is 80.0. The van der Waals surface area contributed by atoms with Crippen LogP contribution in [0.2, 0.25) is 0 Å². The van der Waals surface area contributed by atoms with Crippen LogP contribution in [0.5, 0.6) is 0 Å². The lowest BCUT2D eigenvalue weighted by Gasteiger charge is -2.12. The molecule has 1 atom stereocenters. The van der Waals surface area contributed by atoms with Crippen LogP contribution in [-0.2, 0) is 15.5 Å². The van der Waals surface area contributed by atoms with Gasteiger partial charge in [-0.3, -0.25) is 4.18 Å². The summed E-state index contributed by atoms with van der Waals surface area (Å²) in [6.45, 7) is -0.0108. The normalized spacial score (nSPS) is 15.6. The van der Waals surface area contributed by atoms with E-state index >= 15 is 0 Å². The van der Waals surface area contributed by atoms with Crippen LogP contribution in [0.1, 0.15) is 0 Å². The van der Waals surface area contributed by atoms with E-state index in [0.29, 0.717) is 0 Å². The van der Waals surface area contributed by atoms with E-state index in [1.807, 2.05) is 0 Å². The first-order valence-corrected chi connectivity index (χ1v) is 5.09. The van der Waals surface area contributed by atoms with E-state index in [2.05, 4.69) is 52.0 Å². The highest BCUT2D eigenvalue weighted by molar-refractivity contribution is 9.39. The molecule has 0 aromatic rings. The average molecular weight is 346 g/mol. The number of alkyl halides is 3. The molecule has 0 saturated heterocycles. The smallest absolute Gasteiger partial charge is 0.159 e. The minimum atomic E-state index is -2.45. The second kappa shape index (κ2) is 4.40. The van der Waals surface area contributed by atoms with Crippen molar-refractivity contribution in [3.8, 4) is 0 Å². The molecule has 9 heavy (non-hydrogen) atoms. The molecule has 0 aliphatic carbocycles. The summed E-state index contributed by atoms with van der Waals surface area (Å²) >= 11 is 6.67. The number of halogens is 3. The lowest BCUT2D eigenvalue weighted by atomic mass is 10.9. The van der Waals surface area contributed by atoms with Gasteiger partial charge in [0.15, 0.2) is 2.14 Å². The Labute approximate surface area is 80.4 Å². The molecule has 0 amide bonds. The van der Waals surface area contributed by atoms with Crippen LogP contribution >= 0.6 is 47.8 Å². The van der Waals surface area contributed by atoms with Gasteiger partial charge in [0.1, 0.15) is 0 Å². The van der Waals surface area contributed by atoms with Crippen molar-refractivity contribution in [2.75, 3.05) is 6.61 Å². The zero-order valence-corrected chi connectivity index (χ0v) is 9.55. The topological polar surface area (TPSA) is 49.4 Å². The Hall–Kier alpha value is 1.51. The standard InChI is InChI=1S/C2H3Br3O3S/c3-2(4,5)1-8-9(6)7/h1H2,(H,6,7)/p-1. The number of hydrogen-bond donors (Lipinski definition) is 0. The van der Waals surface area contributed by atoms with Crippen LogP contribution in [0, 0.1) is 0 Å². The third kappa shape index (κ3) is 9.51. The zero-order chi connectivity index (χ0) is 7.49. The van der Waals surface area contributed by atoms with Crippen molar-refractivity contribution >= 4 is 59.2 Å². The summed E-state index contributed by atoms with van der Waals surface area (Å²) in [6.07, 6.45) is 0. The minimum Gasteiger partial charge on any atom is -0.750 e. The van der Waals surface area contributed by atoms with Crippen LogP contribution in [0.3, 0.4) is 0 Å². The largest absolute Gasteiger partial charge is 0.750 e. The van der Waals surface area contributed by atoms with Crippen molar-refractivity contribution in [3.63, 3.8) is 0 Å². The maximum atomic E-state index is 9.76. The van der Waals surface area contributed by atoms with E-state index in [1.165, 1.54) is 0 Å². The van der Waals surface area contributed by atoms with E-state index in [1.54, 1.807) is 0 Å². The maximum Gasteiger partial charge on any atom is 0.159 e. The van der Waals surface area contributed by atoms with Gasteiger partial charge in [-0.2, -0.15) is 0 Å². The molecule has 0 fully saturated rings. The molecule has 0 aliphatic rings. The summed E-state index contributed by atoms with van der Waals surface area (Å²) in [5.74, 6) is 0. The van der Waals surface area contributed by atoms with Gasteiger partial charge in [0.25, 0.3) is 0 Å². The fourth-order valence-corrected chi connectivity index (χ4v) is 1.19. The molecule has 0 radical (unpaired) electrons. The van der Waals surface area contributed by atoms with Crippen molar-refractivity contribution in [3.05, 3.63) is 0 Å². The van der Waals surface area contributed by atoms with Gasteiger partial charge in [-0.15, -0.1) is 0 Å². The Morgan fingerprint density at radius 1 is 1.56 bits per heavy atom. The molecule has 3 nitrogen and oxygen atoms in total. The first kappa shape index (κ1) is 10.5. The molecular formula is C2H2Br3O3S-. The molecule has 0 saturated carbocycles. The van der Waals surface area contributed by atoms with Gasteiger partial charge in [0, 0.05) is 0 Å². The van der Waals surface area contributed by atoms with E-state index in [-0.39, 0.29) is 6.61 Å². The van der Waals surface area contributed by atoms with E-state index in [9.17, 15) is 8.76 Å². The Morgan fingerprint density at radius 2 is 2.00 bits per heavy atom. The fourth-order valence-electron chi connectivity index (χ4n) is 0.115. The molecule has 0 aromatic carbocycles. The third-order valence-electron chi connectivity index (χ3n) is 0.319. The quantitative estimate of drug-likeness (QED) is 0.564. The molecule has 0 aromatic heterocycles. The van der Waals surface area contributed by atoms with E-state index < -0.39 is 13.5 Å². The molecule has 0 bridgehead atoms. The van der Waals surface area contributed by atoms with Crippen molar-refractivity contribution in [2.45, 2.75) is 2.14 Å². The van der Waals surface area contributed by atoms with Gasteiger partial charge < -0.3 is 4.55 Å². The zero-order valence-electron chi connectivity index (χ0n) is 3.97.